The minimum atomic E-state index is -2.88. The predicted octanol–water partition coefficient (Wildman–Crippen LogP) is 3.87. The van der Waals surface area contributed by atoms with Gasteiger partial charge in [-0.2, -0.15) is 8.78 Å². The highest BCUT2D eigenvalue weighted by molar-refractivity contribution is 7.17. The van der Waals surface area contributed by atoms with Crippen molar-refractivity contribution in [2.24, 2.45) is 0 Å². The predicted molar refractivity (Wildman–Crippen MR) is 71.8 cm³/mol. The molecule has 0 aliphatic carbocycles. The molecule has 0 aliphatic heterocycles. The zero-order valence-corrected chi connectivity index (χ0v) is 11.0. The van der Waals surface area contributed by atoms with Gasteiger partial charge in [-0.3, -0.25) is 0 Å². The molecule has 102 valence electrons. The van der Waals surface area contributed by atoms with Gasteiger partial charge in [-0.1, -0.05) is 19.1 Å². The molecule has 2 rings (SSSR count). The molecular formula is C13H13F2NO2S. The summed E-state index contributed by atoms with van der Waals surface area (Å²) in [6.07, 6.45) is 0.661. The van der Waals surface area contributed by atoms with E-state index < -0.39 is 6.61 Å². The number of rotatable bonds is 4. The molecule has 1 aromatic heterocycles. The molecule has 6 heteroatoms. The summed E-state index contributed by atoms with van der Waals surface area (Å²) in [4.78, 5) is 0.771. The van der Waals surface area contributed by atoms with Crippen LogP contribution in [0.5, 0.6) is 11.5 Å². The summed E-state index contributed by atoms with van der Waals surface area (Å²) in [5.41, 5.74) is 6.90. The van der Waals surface area contributed by atoms with E-state index in [0.29, 0.717) is 22.5 Å². The number of halogens is 2. The van der Waals surface area contributed by atoms with Crippen molar-refractivity contribution in [3.05, 3.63) is 29.1 Å². The second-order valence-electron chi connectivity index (χ2n) is 3.87. The quantitative estimate of drug-likeness (QED) is 0.896. The van der Waals surface area contributed by atoms with Crippen LogP contribution in [0.2, 0.25) is 0 Å². The van der Waals surface area contributed by atoms with E-state index in [1.165, 1.54) is 23.5 Å². The number of ether oxygens (including phenoxy) is 1. The SMILES string of the molecule is CCc1sc(N)c(-c2cccc(OC(F)F)c2)c1O. The third kappa shape index (κ3) is 2.78. The van der Waals surface area contributed by atoms with E-state index >= 15 is 0 Å². The van der Waals surface area contributed by atoms with Gasteiger partial charge in [0.1, 0.15) is 11.5 Å². The van der Waals surface area contributed by atoms with Crippen LogP contribution in [0, 0.1) is 0 Å². The lowest BCUT2D eigenvalue weighted by Crippen LogP contribution is -2.01. The lowest BCUT2D eigenvalue weighted by Gasteiger charge is -2.07. The maximum atomic E-state index is 12.2. The van der Waals surface area contributed by atoms with Crippen LogP contribution < -0.4 is 10.5 Å². The minimum absolute atomic E-state index is 0.0375. The van der Waals surface area contributed by atoms with E-state index in [0.717, 1.165) is 4.88 Å². The average Bonchev–Trinajstić information content (AvgIpc) is 2.63. The van der Waals surface area contributed by atoms with Gasteiger partial charge in [-0.15, -0.1) is 11.3 Å². The van der Waals surface area contributed by atoms with Gasteiger partial charge < -0.3 is 15.6 Å². The number of hydrogen-bond acceptors (Lipinski definition) is 4. The van der Waals surface area contributed by atoms with Crippen molar-refractivity contribution in [3.63, 3.8) is 0 Å². The second-order valence-corrected chi connectivity index (χ2v) is 5.01. The number of anilines is 1. The van der Waals surface area contributed by atoms with Gasteiger partial charge in [-0.25, -0.2) is 0 Å². The average molecular weight is 285 g/mol. The fourth-order valence-electron chi connectivity index (χ4n) is 1.83. The summed E-state index contributed by atoms with van der Waals surface area (Å²) >= 11 is 1.29. The molecule has 0 spiro atoms. The van der Waals surface area contributed by atoms with Crippen LogP contribution in [-0.4, -0.2) is 11.7 Å². The highest BCUT2D eigenvalue weighted by atomic mass is 32.1. The van der Waals surface area contributed by atoms with Gasteiger partial charge in [0.15, 0.2) is 0 Å². The third-order valence-corrected chi connectivity index (χ3v) is 3.80. The number of benzene rings is 1. The smallest absolute Gasteiger partial charge is 0.387 e. The molecule has 0 aliphatic rings. The van der Waals surface area contributed by atoms with Crippen molar-refractivity contribution in [3.8, 4) is 22.6 Å². The topological polar surface area (TPSA) is 55.5 Å². The summed E-state index contributed by atoms with van der Waals surface area (Å²) in [6.45, 7) is -0.972. The van der Waals surface area contributed by atoms with Crippen LogP contribution in [0.25, 0.3) is 11.1 Å². The molecule has 0 saturated heterocycles. The number of thiophene rings is 1. The summed E-state index contributed by atoms with van der Waals surface area (Å²) in [5.74, 6) is 0.148. The molecule has 0 fully saturated rings. The van der Waals surface area contributed by atoms with E-state index in [-0.39, 0.29) is 11.5 Å². The van der Waals surface area contributed by atoms with Crippen LogP contribution in [0.3, 0.4) is 0 Å². The molecule has 3 N–H and O–H groups in total. The van der Waals surface area contributed by atoms with Crippen molar-refractivity contribution in [1.29, 1.82) is 0 Å². The lowest BCUT2D eigenvalue weighted by atomic mass is 10.1. The van der Waals surface area contributed by atoms with Crippen LogP contribution in [0.15, 0.2) is 24.3 Å². The number of hydrogen-bond donors (Lipinski definition) is 2. The zero-order valence-electron chi connectivity index (χ0n) is 10.2. The van der Waals surface area contributed by atoms with Gasteiger partial charge in [0.05, 0.1) is 10.6 Å². The molecule has 0 unspecified atom stereocenters. The Morgan fingerprint density at radius 1 is 1.42 bits per heavy atom. The summed E-state index contributed by atoms with van der Waals surface area (Å²) in [7, 11) is 0. The maximum Gasteiger partial charge on any atom is 0.387 e. The molecule has 2 aromatic rings. The van der Waals surface area contributed by atoms with E-state index in [2.05, 4.69) is 4.74 Å². The molecule has 3 nitrogen and oxygen atoms in total. The summed E-state index contributed by atoms with van der Waals surface area (Å²) < 4.78 is 28.7. The van der Waals surface area contributed by atoms with E-state index in [9.17, 15) is 13.9 Å². The maximum absolute atomic E-state index is 12.2. The standard InChI is InChI=1S/C13H13F2NO2S/c1-2-9-11(17)10(12(16)19-9)7-4-3-5-8(6-7)18-13(14)15/h3-6,13,17H,2,16H2,1H3. The Balaban J connectivity index is 2.44. The number of nitrogen functional groups attached to an aromatic ring is 1. The number of alkyl halides is 2. The van der Waals surface area contributed by atoms with E-state index in [1.807, 2.05) is 6.92 Å². The molecular weight excluding hydrogens is 272 g/mol. The van der Waals surface area contributed by atoms with Crippen molar-refractivity contribution in [2.45, 2.75) is 20.0 Å². The first-order valence-electron chi connectivity index (χ1n) is 5.68. The molecule has 0 atom stereocenters. The normalized spacial score (nSPS) is 10.9. The van der Waals surface area contributed by atoms with Gasteiger partial charge in [0.25, 0.3) is 0 Å². The Morgan fingerprint density at radius 3 is 2.74 bits per heavy atom. The van der Waals surface area contributed by atoms with Crippen molar-refractivity contribution >= 4 is 16.3 Å². The Kier molecular flexibility index (Phi) is 3.90. The van der Waals surface area contributed by atoms with Gasteiger partial charge in [-0.05, 0) is 24.1 Å². The Hall–Kier alpha value is -1.82. The number of aromatic hydroxyl groups is 1. The molecule has 0 saturated carbocycles. The zero-order chi connectivity index (χ0) is 14.0. The van der Waals surface area contributed by atoms with E-state index in [4.69, 9.17) is 5.73 Å². The molecule has 0 radical (unpaired) electrons. The van der Waals surface area contributed by atoms with Crippen LogP contribution in [0.4, 0.5) is 13.8 Å². The summed E-state index contributed by atoms with van der Waals surface area (Å²) in [5, 5.41) is 10.5. The molecule has 1 aromatic carbocycles. The van der Waals surface area contributed by atoms with Crippen LogP contribution in [0.1, 0.15) is 11.8 Å². The first-order chi connectivity index (χ1) is 9.02. The summed E-state index contributed by atoms with van der Waals surface area (Å²) in [6, 6.07) is 6.13. The van der Waals surface area contributed by atoms with Crippen molar-refractivity contribution in [1.82, 2.24) is 0 Å². The van der Waals surface area contributed by atoms with Crippen LogP contribution >= 0.6 is 11.3 Å². The molecule has 0 amide bonds. The molecule has 0 bridgehead atoms. The first-order valence-corrected chi connectivity index (χ1v) is 6.50. The largest absolute Gasteiger partial charge is 0.506 e. The number of aryl methyl sites for hydroxylation is 1. The molecule has 1 heterocycles. The van der Waals surface area contributed by atoms with Crippen molar-refractivity contribution < 1.29 is 18.6 Å². The fraction of sp³-hybridized carbons (Fsp3) is 0.231. The lowest BCUT2D eigenvalue weighted by molar-refractivity contribution is -0.0498. The minimum Gasteiger partial charge on any atom is -0.506 e. The van der Waals surface area contributed by atoms with Crippen molar-refractivity contribution in [2.75, 3.05) is 5.73 Å². The molecule has 19 heavy (non-hydrogen) atoms. The van der Waals surface area contributed by atoms with Crippen LogP contribution in [-0.2, 0) is 6.42 Å². The Labute approximate surface area is 113 Å². The van der Waals surface area contributed by atoms with Gasteiger partial charge >= 0.3 is 6.61 Å². The second kappa shape index (κ2) is 5.44. The monoisotopic (exact) mass is 285 g/mol. The highest BCUT2D eigenvalue weighted by Gasteiger charge is 2.17. The van der Waals surface area contributed by atoms with Gasteiger partial charge in [0.2, 0.25) is 0 Å². The Morgan fingerprint density at radius 2 is 2.16 bits per heavy atom. The van der Waals surface area contributed by atoms with E-state index in [1.54, 1.807) is 12.1 Å². The first kappa shape index (κ1) is 13.6. The van der Waals surface area contributed by atoms with Gasteiger partial charge in [0, 0.05) is 4.88 Å². The fourth-order valence-corrected chi connectivity index (χ4v) is 2.76. The Bertz CT molecular complexity index is 584. The number of nitrogens with two attached hydrogens (primary N) is 1. The highest BCUT2D eigenvalue weighted by Crippen LogP contribution is 2.44. The third-order valence-electron chi connectivity index (χ3n) is 2.65.